The topological polar surface area (TPSA) is 81.8 Å². The van der Waals surface area contributed by atoms with Gasteiger partial charge in [0.2, 0.25) is 0 Å². The smallest absolute Gasteiger partial charge is 0.318 e. The third-order valence-corrected chi connectivity index (χ3v) is 7.50. The van der Waals surface area contributed by atoms with E-state index in [1.165, 1.54) is 5.56 Å². The SMILES string of the molecule is CCCC(=O)O/N=C(\c1ccc2c(c1)C(CC)(CC)c1cc([N+](=O)[O-])ccc1-2)C1CCCC1. The molecule has 0 aliphatic heterocycles. The second kappa shape index (κ2) is 9.46. The van der Waals surface area contributed by atoms with Gasteiger partial charge in [0, 0.05) is 29.9 Å². The molecule has 0 N–H and O–H groups in total. The summed E-state index contributed by atoms with van der Waals surface area (Å²) in [4.78, 5) is 28.5. The standard InChI is InChI=1S/C27H32N2O4/c1-4-9-25(30)33-28-26(18-10-7-8-11-18)19-12-14-21-22-15-13-20(29(31)32)17-24(22)27(5-2,6-3)23(21)16-19/h12-18H,4-11H2,1-3H3/b28-26-. The molecule has 2 aliphatic carbocycles. The van der Waals surface area contributed by atoms with Crippen molar-refractivity contribution in [1.29, 1.82) is 0 Å². The Balaban J connectivity index is 1.82. The average molecular weight is 449 g/mol. The summed E-state index contributed by atoms with van der Waals surface area (Å²) in [6.07, 6.45) is 7.16. The van der Waals surface area contributed by atoms with Crippen LogP contribution < -0.4 is 0 Å². The van der Waals surface area contributed by atoms with E-state index in [9.17, 15) is 14.9 Å². The van der Waals surface area contributed by atoms with Crippen LogP contribution in [0.1, 0.15) is 88.8 Å². The summed E-state index contributed by atoms with van der Waals surface area (Å²) < 4.78 is 0. The molecule has 0 amide bonds. The van der Waals surface area contributed by atoms with Gasteiger partial charge >= 0.3 is 5.97 Å². The number of nitro benzene ring substituents is 1. The van der Waals surface area contributed by atoms with Crippen molar-refractivity contribution in [3.63, 3.8) is 0 Å². The van der Waals surface area contributed by atoms with Crippen LogP contribution in [0.5, 0.6) is 0 Å². The third kappa shape index (κ3) is 4.07. The Labute approximate surface area is 195 Å². The van der Waals surface area contributed by atoms with Crippen molar-refractivity contribution in [2.75, 3.05) is 0 Å². The monoisotopic (exact) mass is 448 g/mol. The molecule has 0 radical (unpaired) electrons. The molecule has 0 spiro atoms. The maximum atomic E-state index is 12.0. The summed E-state index contributed by atoms with van der Waals surface area (Å²) in [7, 11) is 0. The van der Waals surface area contributed by atoms with Gasteiger partial charge in [0.05, 0.1) is 10.6 Å². The molecule has 0 heterocycles. The number of non-ortho nitro benzene ring substituents is 1. The molecule has 4 rings (SSSR count). The van der Waals surface area contributed by atoms with Crippen LogP contribution >= 0.6 is 0 Å². The minimum atomic E-state index is -0.319. The fraction of sp³-hybridized carbons (Fsp3) is 0.481. The molecule has 1 fully saturated rings. The summed E-state index contributed by atoms with van der Waals surface area (Å²) in [5.41, 5.74) is 6.09. The van der Waals surface area contributed by atoms with Crippen molar-refractivity contribution in [2.45, 2.75) is 77.6 Å². The number of nitrogens with zero attached hydrogens (tertiary/aromatic N) is 2. The van der Waals surface area contributed by atoms with E-state index < -0.39 is 0 Å². The van der Waals surface area contributed by atoms with Crippen LogP contribution in [0, 0.1) is 16.0 Å². The minimum Gasteiger partial charge on any atom is -0.318 e. The van der Waals surface area contributed by atoms with Crippen molar-refractivity contribution in [2.24, 2.45) is 11.1 Å². The molecule has 2 aliphatic rings. The lowest BCUT2D eigenvalue weighted by molar-refractivity contribution is -0.384. The lowest BCUT2D eigenvalue weighted by atomic mass is 9.73. The second-order valence-corrected chi connectivity index (χ2v) is 9.21. The van der Waals surface area contributed by atoms with E-state index in [4.69, 9.17) is 4.84 Å². The maximum absolute atomic E-state index is 12.0. The van der Waals surface area contributed by atoms with Crippen molar-refractivity contribution < 1.29 is 14.6 Å². The molecule has 1 saturated carbocycles. The molecule has 0 atom stereocenters. The molecule has 0 aromatic heterocycles. The van der Waals surface area contributed by atoms with Crippen molar-refractivity contribution >= 4 is 17.4 Å². The van der Waals surface area contributed by atoms with Crippen LogP contribution in [0.15, 0.2) is 41.6 Å². The zero-order chi connectivity index (χ0) is 23.6. The zero-order valence-electron chi connectivity index (χ0n) is 19.7. The fourth-order valence-corrected chi connectivity index (χ4v) is 5.68. The van der Waals surface area contributed by atoms with Crippen LogP contribution in [0.2, 0.25) is 0 Å². The van der Waals surface area contributed by atoms with Gasteiger partial charge in [0.15, 0.2) is 0 Å². The van der Waals surface area contributed by atoms with Crippen molar-refractivity contribution in [3.05, 3.63) is 63.2 Å². The Bertz CT molecular complexity index is 1100. The number of rotatable bonds is 8. The Morgan fingerprint density at radius 1 is 1.06 bits per heavy atom. The number of benzene rings is 2. The number of fused-ring (bicyclic) bond motifs is 3. The first-order valence-corrected chi connectivity index (χ1v) is 12.2. The summed E-state index contributed by atoms with van der Waals surface area (Å²) in [5.74, 6) is -0.0228. The summed E-state index contributed by atoms with van der Waals surface area (Å²) in [5, 5.41) is 15.9. The van der Waals surface area contributed by atoms with Crippen molar-refractivity contribution in [3.8, 4) is 11.1 Å². The Kier molecular flexibility index (Phi) is 6.63. The molecule has 174 valence electrons. The Morgan fingerprint density at radius 2 is 1.70 bits per heavy atom. The molecular weight excluding hydrogens is 416 g/mol. The van der Waals surface area contributed by atoms with Gasteiger partial charge in [-0.3, -0.25) is 10.1 Å². The van der Waals surface area contributed by atoms with Gasteiger partial charge < -0.3 is 4.84 Å². The molecule has 6 heteroatoms. The Morgan fingerprint density at radius 3 is 2.30 bits per heavy atom. The summed E-state index contributed by atoms with van der Waals surface area (Å²) >= 11 is 0. The molecular formula is C27H32N2O4. The summed E-state index contributed by atoms with van der Waals surface area (Å²) in [6.45, 7) is 6.24. The number of oxime groups is 1. The van der Waals surface area contributed by atoms with E-state index in [2.05, 4.69) is 37.2 Å². The molecule has 2 aromatic carbocycles. The average Bonchev–Trinajstić information content (AvgIpc) is 3.44. The Hall–Kier alpha value is -3.02. The number of hydrogen-bond acceptors (Lipinski definition) is 5. The molecule has 33 heavy (non-hydrogen) atoms. The van der Waals surface area contributed by atoms with Crippen LogP contribution in [0.4, 0.5) is 5.69 Å². The van der Waals surface area contributed by atoms with Crippen molar-refractivity contribution in [1.82, 2.24) is 0 Å². The number of hydrogen-bond donors (Lipinski definition) is 0. The lowest BCUT2D eigenvalue weighted by Gasteiger charge is -2.30. The van der Waals surface area contributed by atoms with E-state index in [-0.39, 0.29) is 27.9 Å². The van der Waals surface area contributed by atoms with Gasteiger partial charge in [-0.25, -0.2) is 4.79 Å². The van der Waals surface area contributed by atoms with E-state index in [1.807, 2.05) is 13.0 Å². The predicted molar refractivity (Wildman–Crippen MR) is 129 cm³/mol. The summed E-state index contributed by atoms with van der Waals surface area (Å²) in [6, 6.07) is 11.6. The maximum Gasteiger partial charge on any atom is 0.335 e. The highest BCUT2D eigenvalue weighted by Crippen LogP contribution is 2.53. The first-order valence-electron chi connectivity index (χ1n) is 12.2. The van der Waals surface area contributed by atoms with Crippen LogP contribution in [-0.2, 0) is 15.0 Å². The largest absolute Gasteiger partial charge is 0.335 e. The van der Waals surface area contributed by atoms with Crippen LogP contribution in [-0.4, -0.2) is 16.6 Å². The first kappa shape index (κ1) is 23.1. The van der Waals surface area contributed by atoms with E-state index in [0.29, 0.717) is 6.42 Å². The highest BCUT2D eigenvalue weighted by Gasteiger charge is 2.42. The molecule has 0 unspecified atom stereocenters. The van der Waals surface area contributed by atoms with E-state index in [1.54, 1.807) is 12.1 Å². The second-order valence-electron chi connectivity index (χ2n) is 9.21. The quantitative estimate of drug-likeness (QED) is 0.190. The molecule has 0 bridgehead atoms. The predicted octanol–water partition coefficient (Wildman–Crippen LogP) is 6.92. The van der Waals surface area contributed by atoms with Gasteiger partial charge in [-0.2, -0.15) is 0 Å². The highest BCUT2D eigenvalue weighted by molar-refractivity contribution is 6.03. The normalized spacial score (nSPS) is 17.0. The minimum absolute atomic E-state index is 0.129. The van der Waals surface area contributed by atoms with Gasteiger partial charge in [0.25, 0.3) is 5.69 Å². The third-order valence-electron chi connectivity index (χ3n) is 7.50. The number of nitro groups is 1. The first-order chi connectivity index (χ1) is 15.9. The molecule has 0 saturated heterocycles. The van der Waals surface area contributed by atoms with E-state index in [0.717, 1.165) is 72.9 Å². The van der Waals surface area contributed by atoms with Gasteiger partial charge in [-0.1, -0.05) is 50.9 Å². The highest BCUT2D eigenvalue weighted by atomic mass is 16.7. The van der Waals surface area contributed by atoms with Gasteiger partial charge in [-0.15, -0.1) is 0 Å². The van der Waals surface area contributed by atoms with Crippen LogP contribution in [0.25, 0.3) is 11.1 Å². The lowest BCUT2D eigenvalue weighted by Crippen LogP contribution is -2.24. The van der Waals surface area contributed by atoms with Gasteiger partial charge in [0.1, 0.15) is 0 Å². The number of carbonyl (C=O) groups excluding carboxylic acids is 1. The number of carbonyl (C=O) groups is 1. The zero-order valence-corrected chi connectivity index (χ0v) is 19.7. The molecule has 2 aromatic rings. The fourth-order valence-electron chi connectivity index (χ4n) is 5.68. The molecule has 6 nitrogen and oxygen atoms in total. The van der Waals surface area contributed by atoms with Crippen LogP contribution in [0.3, 0.4) is 0 Å². The van der Waals surface area contributed by atoms with E-state index >= 15 is 0 Å². The van der Waals surface area contributed by atoms with Gasteiger partial charge in [-0.05, 0) is 72.1 Å².